The minimum atomic E-state index is 0.876. The molecule has 23 heavy (non-hydrogen) atoms. The predicted octanol–water partition coefficient (Wildman–Crippen LogP) is 6.07. The molecule has 0 unspecified atom stereocenters. The third kappa shape index (κ3) is 2.44. The maximum Gasteiger partial charge on any atom is 0.0480 e. The van der Waals surface area contributed by atoms with Gasteiger partial charge in [0.2, 0.25) is 0 Å². The van der Waals surface area contributed by atoms with Gasteiger partial charge in [-0.1, -0.05) is 74.3 Å². The Labute approximate surface area is 152 Å². The number of benzene rings is 3. The molecule has 1 aliphatic carbocycles. The second-order valence-corrected chi connectivity index (χ2v) is 7.36. The van der Waals surface area contributed by atoms with Gasteiger partial charge >= 0.3 is 0 Å². The molecule has 3 heteroatoms. The maximum atomic E-state index is 6.34. The summed E-state index contributed by atoms with van der Waals surface area (Å²) in [5.41, 5.74) is 14.3. The summed E-state index contributed by atoms with van der Waals surface area (Å²) in [5.74, 6) is 0. The third-order valence-corrected chi connectivity index (χ3v) is 5.22. The Morgan fingerprint density at radius 2 is 1.13 bits per heavy atom. The maximum absolute atomic E-state index is 6.34. The first kappa shape index (κ1) is 14.7. The first-order valence-electron chi connectivity index (χ1n) is 7.30. The van der Waals surface area contributed by atoms with Crippen molar-refractivity contribution in [2.75, 3.05) is 0 Å². The third-order valence-electron chi connectivity index (χ3n) is 4.16. The van der Waals surface area contributed by atoms with Gasteiger partial charge in [-0.2, -0.15) is 0 Å². The molecular formula is C20H13Br2N. The van der Waals surface area contributed by atoms with E-state index in [-0.39, 0.29) is 0 Å². The molecule has 2 N–H and O–H groups in total. The fourth-order valence-corrected chi connectivity index (χ4v) is 3.57. The summed E-state index contributed by atoms with van der Waals surface area (Å²) in [7, 11) is 0. The number of fused-ring (bicyclic) bond motifs is 1. The van der Waals surface area contributed by atoms with Gasteiger partial charge in [-0.3, -0.25) is 0 Å². The lowest BCUT2D eigenvalue weighted by atomic mass is 9.77. The number of hydrogen-bond donors (Lipinski definition) is 1. The molecule has 0 saturated heterocycles. The molecule has 3 aromatic rings. The van der Waals surface area contributed by atoms with E-state index in [4.69, 9.17) is 5.73 Å². The number of rotatable bonds is 2. The summed E-state index contributed by atoms with van der Waals surface area (Å²) in [6, 6.07) is 23.0. The summed E-state index contributed by atoms with van der Waals surface area (Å²) in [4.78, 5) is 0. The molecule has 1 nitrogen and oxygen atoms in total. The molecule has 0 fully saturated rings. The van der Waals surface area contributed by atoms with Crippen LogP contribution in [0.3, 0.4) is 0 Å². The number of nitrogens with two attached hydrogens (primary N) is 1. The Morgan fingerprint density at radius 3 is 1.74 bits per heavy atom. The van der Waals surface area contributed by atoms with E-state index < -0.39 is 0 Å². The van der Waals surface area contributed by atoms with Crippen molar-refractivity contribution >= 4 is 43.1 Å². The fourth-order valence-electron chi connectivity index (χ4n) is 3.04. The zero-order valence-corrected chi connectivity index (χ0v) is 15.4. The van der Waals surface area contributed by atoms with Crippen LogP contribution in [0.15, 0.2) is 75.7 Å². The fraction of sp³-hybridized carbons (Fsp3) is 0. The summed E-state index contributed by atoms with van der Waals surface area (Å²) >= 11 is 6.98. The average Bonchev–Trinajstić information content (AvgIpc) is 2.57. The van der Waals surface area contributed by atoms with E-state index in [0.717, 1.165) is 31.3 Å². The molecule has 0 amide bonds. The van der Waals surface area contributed by atoms with Gasteiger partial charge in [0, 0.05) is 31.3 Å². The summed E-state index contributed by atoms with van der Waals surface area (Å²) in [5, 5.41) is 0. The molecular weight excluding hydrogens is 414 g/mol. The van der Waals surface area contributed by atoms with Crippen molar-refractivity contribution in [3.8, 4) is 11.1 Å². The van der Waals surface area contributed by atoms with Crippen molar-refractivity contribution in [2.24, 2.45) is 5.73 Å². The van der Waals surface area contributed by atoms with Crippen LogP contribution in [-0.2, 0) is 0 Å². The van der Waals surface area contributed by atoms with E-state index in [1.54, 1.807) is 0 Å². The minimum Gasteiger partial charge on any atom is -0.398 e. The van der Waals surface area contributed by atoms with Crippen LogP contribution in [-0.4, -0.2) is 0 Å². The lowest BCUT2D eigenvalue weighted by Crippen LogP contribution is -2.15. The number of hydrogen-bond acceptors (Lipinski definition) is 1. The molecule has 0 bridgehead atoms. The highest BCUT2D eigenvalue weighted by molar-refractivity contribution is 9.10. The second kappa shape index (κ2) is 5.66. The molecule has 0 heterocycles. The lowest BCUT2D eigenvalue weighted by Gasteiger charge is -2.28. The molecule has 0 atom stereocenters. The van der Waals surface area contributed by atoms with Crippen LogP contribution < -0.4 is 5.73 Å². The van der Waals surface area contributed by atoms with Crippen molar-refractivity contribution in [3.05, 3.63) is 92.4 Å². The quantitative estimate of drug-likeness (QED) is 0.528. The van der Waals surface area contributed by atoms with Crippen LogP contribution in [0.25, 0.3) is 22.4 Å². The first-order chi connectivity index (χ1) is 11.1. The van der Waals surface area contributed by atoms with Gasteiger partial charge in [0.1, 0.15) is 0 Å². The van der Waals surface area contributed by atoms with Gasteiger partial charge in [0.15, 0.2) is 0 Å². The second-order valence-electron chi connectivity index (χ2n) is 5.53. The van der Waals surface area contributed by atoms with E-state index in [0.29, 0.717) is 0 Å². The van der Waals surface area contributed by atoms with Crippen LogP contribution in [0.4, 0.5) is 0 Å². The van der Waals surface area contributed by atoms with Crippen molar-refractivity contribution in [1.29, 1.82) is 0 Å². The molecule has 0 saturated carbocycles. The zero-order valence-electron chi connectivity index (χ0n) is 12.2. The van der Waals surface area contributed by atoms with Gasteiger partial charge in [0.25, 0.3) is 0 Å². The molecule has 0 radical (unpaired) electrons. The van der Waals surface area contributed by atoms with Crippen LogP contribution >= 0.6 is 31.9 Å². The molecule has 0 aliphatic heterocycles. The van der Waals surface area contributed by atoms with Crippen LogP contribution in [0.5, 0.6) is 0 Å². The first-order valence-corrected chi connectivity index (χ1v) is 8.89. The molecule has 3 aromatic carbocycles. The molecule has 4 rings (SSSR count). The van der Waals surface area contributed by atoms with E-state index >= 15 is 0 Å². The molecule has 0 spiro atoms. The highest BCUT2D eigenvalue weighted by Crippen LogP contribution is 2.46. The molecule has 112 valence electrons. The number of halogens is 2. The highest BCUT2D eigenvalue weighted by Gasteiger charge is 2.27. The normalized spacial score (nSPS) is 12.8. The van der Waals surface area contributed by atoms with Gasteiger partial charge in [-0.25, -0.2) is 0 Å². The van der Waals surface area contributed by atoms with Crippen LogP contribution in [0, 0.1) is 0 Å². The van der Waals surface area contributed by atoms with Gasteiger partial charge in [-0.05, 0) is 41.0 Å². The van der Waals surface area contributed by atoms with Crippen molar-refractivity contribution in [3.63, 3.8) is 0 Å². The SMILES string of the molecule is NC1=C(c2ccc(Br)cc2)c2c1cccc2-c1ccc(Br)cc1. The van der Waals surface area contributed by atoms with Gasteiger partial charge in [-0.15, -0.1) is 0 Å². The van der Waals surface area contributed by atoms with E-state index in [1.807, 2.05) is 0 Å². The standard InChI is InChI=1S/C20H13Br2N/c21-14-8-4-12(5-9-14)16-2-1-3-17-19(16)18(20(17)23)13-6-10-15(22)11-7-13/h1-11H,23H2. The van der Waals surface area contributed by atoms with Crippen molar-refractivity contribution in [2.45, 2.75) is 0 Å². The van der Waals surface area contributed by atoms with Gasteiger partial charge in [0.05, 0.1) is 0 Å². The summed E-state index contributed by atoms with van der Waals surface area (Å²) < 4.78 is 2.15. The molecule has 1 aliphatic rings. The van der Waals surface area contributed by atoms with Crippen LogP contribution in [0.2, 0.25) is 0 Å². The predicted molar refractivity (Wildman–Crippen MR) is 104 cm³/mol. The monoisotopic (exact) mass is 425 g/mol. The zero-order chi connectivity index (χ0) is 16.0. The Hall–Kier alpha value is -1.84. The Morgan fingerprint density at radius 1 is 0.609 bits per heavy atom. The van der Waals surface area contributed by atoms with E-state index in [2.05, 4.69) is 98.6 Å². The van der Waals surface area contributed by atoms with Crippen molar-refractivity contribution < 1.29 is 0 Å². The topological polar surface area (TPSA) is 26.0 Å². The minimum absolute atomic E-state index is 0.876. The Balaban J connectivity index is 1.87. The van der Waals surface area contributed by atoms with E-state index in [9.17, 15) is 0 Å². The van der Waals surface area contributed by atoms with Crippen molar-refractivity contribution in [1.82, 2.24) is 0 Å². The smallest absolute Gasteiger partial charge is 0.0480 e. The van der Waals surface area contributed by atoms with Crippen LogP contribution in [0.1, 0.15) is 16.7 Å². The van der Waals surface area contributed by atoms with E-state index in [1.165, 1.54) is 16.7 Å². The Kier molecular flexibility index (Phi) is 3.63. The summed E-state index contributed by atoms with van der Waals surface area (Å²) in [6.45, 7) is 0. The lowest BCUT2D eigenvalue weighted by molar-refractivity contribution is 1.38. The average molecular weight is 427 g/mol. The Bertz CT molecular complexity index is 923. The molecule has 0 aromatic heterocycles. The van der Waals surface area contributed by atoms with Gasteiger partial charge < -0.3 is 5.73 Å². The largest absolute Gasteiger partial charge is 0.398 e. The summed E-state index contributed by atoms with van der Waals surface area (Å²) in [6.07, 6.45) is 0. The highest BCUT2D eigenvalue weighted by atomic mass is 79.9.